The second-order valence-corrected chi connectivity index (χ2v) is 8.70. The van der Waals surface area contributed by atoms with Gasteiger partial charge in [0.05, 0.1) is 0 Å². The van der Waals surface area contributed by atoms with Crippen LogP contribution in [0.2, 0.25) is 0 Å². The van der Waals surface area contributed by atoms with Crippen LogP contribution in [-0.2, 0) is 24.8 Å². The summed E-state index contributed by atoms with van der Waals surface area (Å²) in [5.41, 5.74) is 10.2. The van der Waals surface area contributed by atoms with E-state index in [2.05, 4.69) is 92.9 Å². The number of pyridine rings is 1. The number of fused-ring (bicyclic) bond motifs is 3. The predicted octanol–water partition coefficient (Wildman–Crippen LogP) is 6.11. The van der Waals surface area contributed by atoms with Crippen molar-refractivity contribution in [3.63, 3.8) is 0 Å². The van der Waals surface area contributed by atoms with E-state index in [4.69, 9.17) is 0 Å². The van der Waals surface area contributed by atoms with Crippen molar-refractivity contribution < 1.29 is 4.57 Å². The molecule has 0 unspecified atom stereocenters. The molecule has 0 spiro atoms. The average Bonchev–Trinajstić information content (AvgIpc) is 2.67. The first-order valence-electron chi connectivity index (χ1n) is 10.2. The average molecular weight is 357 g/mol. The fourth-order valence-electron chi connectivity index (χ4n) is 4.46. The van der Waals surface area contributed by atoms with Crippen molar-refractivity contribution in [3.05, 3.63) is 77.5 Å². The van der Waals surface area contributed by atoms with Gasteiger partial charge < -0.3 is 0 Å². The zero-order valence-electron chi connectivity index (χ0n) is 17.0. The van der Waals surface area contributed by atoms with Crippen LogP contribution in [0.25, 0.3) is 22.4 Å². The Bertz CT molecular complexity index is 961. The van der Waals surface area contributed by atoms with Crippen molar-refractivity contribution in [1.82, 2.24) is 0 Å². The van der Waals surface area contributed by atoms with E-state index in [1.54, 1.807) is 0 Å². The Morgan fingerprint density at radius 3 is 2.26 bits per heavy atom. The Balaban J connectivity index is 2.10. The number of aryl methyl sites for hydroxylation is 1. The number of benzene rings is 2. The second kappa shape index (κ2) is 6.96. The van der Waals surface area contributed by atoms with Crippen LogP contribution in [0.15, 0.2) is 60.7 Å². The summed E-state index contributed by atoms with van der Waals surface area (Å²) in [4.78, 5) is 0. The van der Waals surface area contributed by atoms with Gasteiger partial charge in [-0.05, 0) is 35.6 Å². The van der Waals surface area contributed by atoms with E-state index in [-0.39, 0.29) is 5.41 Å². The highest BCUT2D eigenvalue weighted by Gasteiger charge is 2.35. The lowest BCUT2D eigenvalue weighted by molar-refractivity contribution is -0.697. The van der Waals surface area contributed by atoms with Crippen molar-refractivity contribution in [3.8, 4) is 22.4 Å². The molecule has 27 heavy (non-hydrogen) atoms. The lowest BCUT2D eigenvalue weighted by atomic mass is 9.81. The molecule has 0 fully saturated rings. The molecule has 2 aromatic carbocycles. The summed E-state index contributed by atoms with van der Waals surface area (Å²) in [6, 6.07) is 22.4. The molecular formula is C26H30N+. The van der Waals surface area contributed by atoms with E-state index < -0.39 is 0 Å². The molecule has 0 N–H and O–H groups in total. The topological polar surface area (TPSA) is 3.88 Å². The molecule has 0 aliphatic heterocycles. The molecule has 1 aliphatic rings. The molecule has 0 radical (unpaired) electrons. The van der Waals surface area contributed by atoms with Crippen LogP contribution < -0.4 is 4.57 Å². The Kier molecular flexibility index (Phi) is 4.63. The summed E-state index contributed by atoms with van der Waals surface area (Å²) >= 11 is 0. The number of rotatable bonds is 3. The zero-order valence-corrected chi connectivity index (χ0v) is 17.0. The fourth-order valence-corrected chi connectivity index (χ4v) is 4.46. The van der Waals surface area contributed by atoms with E-state index >= 15 is 0 Å². The zero-order chi connectivity index (χ0) is 19.0. The highest BCUT2D eigenvalue weighted by molar-refractivity contribution is 5.78. The molecule has 1 nitrogen and oxygen atoms in total. The Morgan fingerprint density at radius 2 is 1.56 bits per heavy atom. The second-order valence-electron chi connectivity index (χ2n) is 8.70. The highest BCUT2D eigenvalue weighted by atomic mass is 15.0. The molecule has 0 bridgehead atoms. The minimum Gasteiger partial charge on any atom is -0.195 e. The summed E-state index contributed by atoms with van der Waals surface area (Å²) in [6.45, 7) is 10.4. The summed E-state index contributed by atoms with van der Waals surface area (Å²) < 4.78 is 2.61. The number of hydrogen-bond acceptors (Lipinski definition) is 0. The van der Waals surface area contributed by atoms with Gasteiger partial charge in [0.25, 0.3) is 0 Å². The van der Waals surface area contributed by atoms with Crippen LogP contribution in [0.4, 0.5) is 0 Å². The van der Waals surface area contributed by atoms with Gasteiger partial charge in [0, 0.05) is 29.0 Å². The first-order valence-corrected chi connectivity index (χ1v) is 10.2. The van der Waals surface area contributed by atoms with Crippen molar-refractivity contribution >= 4 is 0 Å². The maximum absolute atomic E-state index is 2.61. The summed E-state index contributed by atoms with van der Waals surface area (Å²) in [5, 5.41) is 0. The molecule has 1 heterocycles. The molecule has 4 rings (SSSR count). The Morgan fingerprint density at radius 1 is 0.852 bits per heavy atom. The molecule has 0 amide bonds. The van der Waals surface area contributed by atoms with E-state index in [1.165, 1.54) is 39.2 Å². The van der Waals surface area contributed by atoms with Gasteiger partial charge in [0.15, 0.2) is 5.69 Å². The third kappa shape index (κ3) is 3.20. The third-order valence-electron chi connectivity index (χ3n) is 5.67. The standard InChI is InChI=1S/C26H30N/c1-5-17-27-24(26(2,3)4)18-23(19-11-7-6-8-12-19)22-16-15-20-13-9-10-14-21(20)25(22)27/h6-14,18H,5,15-17H2,1-4H3/q+1. The largest absolute Gasteiger partial charge is 0.216 e. The Hall–Kier alpha value is -2.41. The van der Waals surface area contributed by atoms with Crippen LogP contribution in [0.1, 0.15) is 50.9 Å². The quantitative estimate of drug-likeness (QED) is 0.498. The molecule has 1 heteroatoms. The number of aromatic nitrogens is 1. The lowest BCUT2D eigenvalue weighted by Gasteiger charge is -2.26. The number of nitrogens with zero attached hydrogens (tertiary/aromatic N) is 1. The smallest absolute Gasteiger partial charge is 0.195 e. The molecular weight excluding hydrogens is 326 g/mol. The molecule has 0 saturated carbocycles. The van der Waals surface area contributed by atoms with Crippen LogP contribution in [0, 0.1) is 0 Å². The molecule has 138 valence electrons. The normalized spacial score (nSPS) is 13.2. The van der Waals surface area contributed by atoms with Gasteiger partial charge >= 0.3 is 0 Å². The highest BCUT2D eigenvalue weighted by Crippen LogP contribution is 2.39. The third-order valence-corrected chi connectivity index (χ3v) is 5.67. The van der Waals surface area contributed by atoms with Crippen molar-refractivity contribution in [1.29, 1.82) is 0 Å². The van der Waals surface area contributed by atoms with Crippen molar-refractivity contribution in [2.45, 2.75) is 58.9 Å². The minimum atomic E-state index is 0.0973. The number of hydrogen-bond donors (Lipinski definition) is 0. The van der Waals surface area contributed by atoms with Gasteiger partial charge in [0.2, 0.25) is 5.69 Å². The lowest BCUT2D eigenvalue weighted by Crippen LogP contribution is -2.46. The molecule has 3 aromatic rings. The summed E-state index contributed by atoms with van der Waals surface area (Å²) in [5.74, 6) is 0. The molecule has 0 atom stereocenters. The van der Waals surface area contributed by atoms with E-state index in [1.807, 2.05) is 0 Å². The van der Waals surface area contributed by atoms with Crippen molar-refractivity contribution in [2.75, 3.05) is 0 Å². The van der Waals surface area contributed by atoms with E-state index in [0.29, 0.717) is 0 Å². The first kappa shape index (κ1) is 18.0. The van der Waals surface area contributed by atoms with Crippen LogP contribution in [-0.4, -0.2) is 0 Å². The van der Waals surface area contributed by atoms with Gasteiger partial charge in [-0.2, -0.15) is 4.57 Å². The van der Waals surface area contributed by atoms with Gasteiger partial charge in [-0.25, -0.2) is 0 Å². The maximum Gasteiger partial charge on any atom is 0.216 e. The summed E-state index contributed by atoms with van der Waals surface area (Å²) in [6.07, 6.45) is 3.39. The monoisotopic (exact) mass is 356 g/mol. The van der Waals surface area contributed by atoms with E-state index in [9.17, 15) is 0 Å². The minimum absolute atomic E-state index is 0.0973. The Labute approximate surface area is 163 Å². The van der Waals surface area contributed by atoms with Crippen LogP contribution in [0.3, 0.4) is 0 Å². The molecule has 1 aromatic heterocycles. The first-order chi connectivity index (χ1) is 13.0. The van der Waals surface area contributed by atoms with Gasteiger partial charge in [-0.15, -0.1) is 0 Å². The SMILES string of the molecule is CCC[n+]1c(C(C)(C)C)cc(-c2ccccc2)c2c1-c1ccccc1CC2. The van der Waals surface area contributed by atoms with E-state index in [0.717, 1.165) is 25.8 Å². The van der Waals surface area contributed by atoms with Crippen molar-refractivity contribution in [2.24, 2.45) is 0 Å². The van der Waals surface area contributed by atoms with Gasteiger partial charge in [-0.3, -0.25) is 0 Å². The fraction of sp³-hybridized carbons (Fsp3) is 0.346. The van der Waals surface area contributed by atoms with Gasteiger partial charge in [-0.1, -0.05) is 76.2 Å². The van der Waals surface area contributed by atoms with Crippen LogP contribution >= 0.6 is 0 Å². The predicted molar refractivity (Wildman–Crippen MR) is 114 cm³/mol. The maximum atomic E-state index is 2.61. The van der Waals surface area contributed by atoms with Crippen LogP contribution in [0.5, 0.6) is 0 Å². The summed E-state index contributed by atoms with van der Waals surface area (Å²) in [7, 11) is 0. The molecule has 1 aliphatic carbocycles. The van der Waals surface area contributed by atoms with Gasteiger partial charge in [0.1, 0.15) is 6.54 Å². The molecule has 0 saturated heterocycles.